The van der Waals surface area contributed by atoms with Crippen molar-refractivity contribution in [3.05, 3.63) is 34.7 Å². The predicted octanol–water partition coefficient (Wildman–Crippen LogP) is 2.82. The van der Waals surface area contributed by atoms with Crippen LogP contribution in [0.2, 0.25) is 0 Å². The van der Waals surface area contributed by atoms with Gasteiger partial charge in [-0.05, 0) is 64.4 Å². The Morgan fingerprint density at radius 2 is 1.70 bits per heavy atom. The van der Waals surface area contributed by atoms with Crippen LogP contribution in [0.5, 0.6) is 5.75 Å². The van der Waals surface area contributed by atoms with Crippen LogP contribution in [0, 0.1) is 5.92 Å². The molecular formula is C21H26BNO4. The summed E-state index contributed by atoms with van der Waals surface area (Å²) in [7, 11) is 1.18. The molecule has 0 atom stereocenters. The normalized spacial score (nSPS) is 30.1. The molecule has 3 saturated carbocycles. The summed E-state index contributed by atoms with van der Waals surface area (Å²) in [6.45, 7) is 8.14. The fourth-order valence-electron chi connectivity index (χ4n) is 4.70. The first-order valence-electron chi connectivity index (χ1n) is 9.75. The summed E-state index contributed by atoms with van der Waals surface area (Å²) < 4.78 is 19.9. The van der Waals surface area contributed by atoms with Crippen molar-refractivity contribution in [3.63, 3.8) is 0 Å². The Balaban J connectivity index is 1.63. The molecule has 6 rings (SSSR count). The van der Waals surface area contributed by atoms with Gasteiger partial charge in [0, 0.05) is 10.9 Å². The first-order valence-corrected chi connectivity index (χ1v) is 9.75. The standard InChI is InChI=1S/C21H26BNO4/c1-19(2)20(3,4)27-22(26-19)14-6-7-15-16(8-14)18(24)23(12-17(15)25-5)21-9-13(10-21)11-21/h6-8,12-13H,9-11H2,1-5H3. The van der Waals surface area contributed by atoms with Crippen molar-refractivity contribution in [2.45, 2.75) is 63.7 Å². The SMILES string of the molecule is COc1cn(C23CC(C2)C3)c(=O)c2cc(B3OC(C)(C)C(C)(C)O3)ccc12. The molecule has 4 aliphatic rings. The fourth-order valence-corrected chi connectivity index (χ4v) is 4.70. The Morgan fingerprint density at radius 3 is 2.22 bits per heavy atom. The van der Waals surface area contributed by atoms with Gasteiger partial charge in [0.05, 0.1) is 29.9 Å². The lowest BCUT2D eigenvalue weighted by molar-refractivity contribution is -0.0913. The first-order chi connectivity index (χ1) is 12.7. The molecule has 1 aromatic heterocycles. The third-order valence-corrected chi connectivity index (χ3v) is 7.27. The highest BCUT2D eigenvalue weighted by molar-refractivity contribution is 6.62. The Kier molecular flexibility index (Phi) is 3.32. The largest absolute Gasteiger partial charge is 0.495 e. The molecular weight excluding hydrogens is 341 g/mol. The molecule has 27 heavy (non-hydrogen) atoms. The maximum absolute atomic E-state index is 13.3. The highest BCUT2D eigenvalue weighted by Crippen LogP contribution is 2.62. The monoisotopic (exact) mass is 367 g/mol. The summed E-state index contributed by atoms with van der Waals surface area (Å²) in [5.41, 5.74) is 0.127. The zero-order valence-electron chi connectivity index (χ0n) is 16.7. The summed E-state index contributed by atoms with van der Waals surface area (Å²) in [6, 6.07) is 5.84. The van der Waals surface area contributed by atoms with E-state index >= 15 is 0 Å². The Hall–Kier alpha value is -1.79. The average Bonchev–Trinajstić information content (AvgIpc) is 2.74. The van der Waals surface area contributed by atoms with E-state index in [1.165, 1.54) is 0 Å². The van der Waals surface area contributed by atoms with Crippen LogP contribution in [-0.2, 0) is 14.8 Å². The molecule has 6 heteroatoms. The van der Waals surface area contributed by atoms with Gasteiger partial charge in [0.25, 0.3) is 5.56 Å². The van der Waals surface area contributed by atoms with Crippen molar-refractivity contribution in [1.29, 1.82) is 0 Å². The van der Waals surface area contributed by atoms with Gasteiger partial charge in [-0.25, -0.2) is 0 Å². The fraction of sp³-hybridized carbons (Fsp3) is 0.571. The lowest BCUT2D eigenvalue weighted by Crippen LogP contribution is -2.62. The molecule has 142 valence electrons. The minimum atomic E-state index is -0.478. The van der Waals surface area contributed by atoms with Crippen LogP contribution in [0.3, 0.4) is 0 Å². The molecule has 5 nitrogen and oxygen atoms in total. The second kappa shape index (κ2) is 5.18. The topological polar surface area (TPSA) is 49.7 Å². The molecule has 2 heterocycles. The van der Waals surface area contributed by atoms with Crippen molar-refractivity contribution in [3.8, 4) is 5.75 Å². The molecule has 0 amide bonds. The third-order valence-electron chi connectivity index (χ3n) is 7.27. The summed E-state index contributed by atoms with van der Waals surface area (Å²) in [5.74, 6) is 1.55. The van der Waals surface area contributed by atoms with E-state index in [-0.39, 0.29) is 11.1 Å². The Bertz CT molecular complexity index is 976. The van der Waals surface area contributed by atoms with E-state index in [9.17, 15) is 4.79 Å². The van der Waals surface area contributed by atoms with Crippen molar-refractivity contribution >= 4 is 23.4 Å². The number of methoxy groups -OCH3 is 1. The van der Waals surface area contributed by atoms with Gasteiger partial charge >= 0.3 is 7.12 Å². The number of fused-ring (bicyclic) bond motifs is 1. The van der Waals surface area contributed by atoms with E-state index in [1.54, 1.807) is 7.11 Å². The Morgan fingerprint density at radius 1 is 1.07 bits per heavy atom. The summed E-state index contributed by atoms with van der Waals surface area (Å²) >= 11 is 0. The lowest BCUT2D eigenvalue weighted by atomic mass is 9.49. The van der Waals surface area contributed by atoms with E-state index in [4.69, 9.17) is 14.0 Å². The van der Waals surface area contributed by atoms with Gasteiger partial charge in [0.15, 0.2) is 0 Å². The zero-order valence-corrected chi connectivity index (χ0v) is 16.7. The minimum absolute atomic E-state index is 0.0174. The smallest absolute Gasteiger partial charge is 0.494 e. The first kappa shape index (κ1) is 17.3. The van der Waals surface area contributed by atoms with Crippen molar-refractivity contribution in [1.82, 2.24) is 4.57 Å². The van der Waals surface area contributed by atoms with Gasteiger partial charge in [-0.15, -0.1) is 0 Å². The lowest BCUT2D eigenvalue weighted by Gasteiger charge is -2.62. The van der Waals surface area contributed by atoms with Crippen LogP contribution in [0.1, 0.15) is 47.0 Å². The molecule has 1 aliphatic heterocycles. The molecule has 4 fully saturated rings. The molecule has 1 aromatic carbocycles. The van der Waals surface area contributed by atoms with Crippen LogP contribution in [0.25, 0.3) is 10.8 Å². The molecule has 3 aliphatic carbocycles. The number of aromatic nitrogens is 1. The van der Waals surface area contributed by atoms with Gasteiger partial charge in [0.2, 0.25) is 0 Å². The second-order valence-corrected chi connectivity index (χ2v) is 9.47. The van der Waals surface area contributed by atoms with Gasteiger partial charge in [-0.2, -0.15) is 0 Å². The van der Waals surface area contributed by atoms with Crippen LogP contribution in [0.4, 0.5) is 0 Å². The van der Waals surface area contributed by atoms with Gasteiger partial charge in [0.1, 0.15) is 5.75 Å². The van der Waals surface area contributed by atoms with E-state index in [2.05, 4.69) is 0 Å². The highest BCUT2D eigenvalue weighted by Gasteiger charge is 2.58. The molecule has 0 spiro atoms. The van der Waals surface area contributed by atoms with Crippen LogP contribution in [0.15, 0.2) is 29.2 Å². The van der Waals surface area contributed by atoms with E-state index in [0.29, 0.717) is 5.39 Å². The number of pyridine rings is 1. The zero-order chi connectivity index (χ0) is 19.2. The minimum Gasteiger partial charge on any atom is -0.495 e. The second-order valence-electron chi connectivity index (χ2n) is 9.47. The van der Waals surface area contributed by atoms with E-state index in [0.717, 1.165) is 41.8 Å². The Labute approximate surface area is 159 Å². The molecule has 0 unspecified atom stereocenters. The molecule has 1 saturated heterocycles. The molecule has 2 bridgehead atoms. The maximum Gasteiger partial charge on any atom is 0.494 e. The maximum atomic E-state index is 13.3. The molecule has 0 N–H and O–H groups in total. The number of nitrogens with zero attached hydrogens (tertiary/aromatic N) is 1. The van der Waals surface area contributed by atoms with Crippen LogP contribution < -0.4 is 15.8 Å². The summed E-state index contributed by atoms with van der Waals surface area (Å²) in [5, 5.41) is 1.51. The van der Waals surface area contributed by atoms with Crippen molar-refractivity contribution in [2.75, 3.05) is 7.11 Å². The van der Waals surface area contributed by atoms with Crippen LogP contribution >= 0.6 is 0 Å². The highest BCUT2D eigenvalue weighted by atomic mass is 16.7. The van der Waals surface area contributed by atoms with Crippen LogP contribution in [-0.4, -0.2) is 30.0 Å². The summed E-state index contributed by atoms with van der Waals surface area (Å²) in [4.78, 5) is 13.3. The quantitative estimate of drug-likeness (QED) is 0.783. The number of benzene rings is 1. The van der Waals surface area contributed by atoms with E-state index < -0.39 is 18.3 Å². The number of hydrogen-bond acceptors (Lipinski definition) is 4. The van der Waals surface area contributed by atoms with Gasteiger partial charge < -0.3 is 18.6 Å². The third kappa shape index (κ3) is 2.23. The summed E-state index contributed by atoms with van der Waals surface area (Å²) in [6.07, 6.45) is 5.23. The predicted molar refractivity (Wildman–Crippen MR) is 106 cm³/mol. The van der Waals surface area contributed by atoms with Crippen molar-refractivity contribution in [2.24, 2.45) is 5.92 Å². The van der Waals surface area contributed by atoms with Crippen molar-refractivity contribution < 1.29 is 14.0 Å². The van der Waals surface area contributed by atoms with Gasteiger partial charge in [-0.1, -0.05) is 12.1 Å². The van der Waals surface area contributed by atoms with Gasteiger partial charge in [-0.3, -0.25) is 4.79 Å². The van der Waals surface area contributed by atoms with E-state index in [1.807, 2.05) is 56.7 Å². The number of hydrogen-bond donors (Lipinski definition) is 0. The molecule has 0 radical (unpaired) electrons. The average molecular weight is 367 g/mol. The number of rotatable bonds is 3. The number of ether oxygens (including phenoxy) is 1. The molecule has 2 aromatic rings.